The van der Waals surface area contributed by atoms with Gasteiger partial charge in [0.1, 0.15) is 5.82 Å². The molecular weight excluding hydrogens is 404 g/mol. The Morgan fingerprint density at radius 1 is 1.03 bits per heavy atom. The number of benzene rings is 2. The van der Waals surface area contributed by atoms with Crippen molar-refractivity contribution >= 4 is 45.7 Å². The Bertz CT molecular complexity index is 1230. The van der Waals surface area contributed by atoms with Gasteiger partial charge in [-0.3, -0.25) is 5.41 Å². The minimum absolute atomic E-state index is 0.538. The van der Waals surface area contributed by atoms with Crippen molar-refractivity contribution in [1.29, 1.82) is 5.41 Å². The van der Waals surface area contributed by atoms with Gasteiger partial charge in [-0.1, -0.05) is 18.2 Å². The van der Waals surface area contributed by atoms with Crippen LogP contribution in [0.15, 0.2) is 42.5 Å². The molecule has 9 heteroatoms. The molecule has 0 amide bonds. The van der Waals surface area contributed by atoms with E-state index in [4.69, 9.17) is 20.1 Å². The number of ether oxygens (including phenoxy) is 1. The smallest absolute Gasteiger partial charge is 0.232 e. The van der Waals surface area contributed by atoms with Crippen LogP contribution in [0.5, 0.6) is 0 Å². The molecule has 1 saturated heterocycles. The highest BCUT2D eigenvalue weighted by molar-refractivity contribution is 6.08. The predicted octanol–water partition coefficient (Wildman–Crippen LogP) is 3.22. The van der Waals surface area contributed by atoms with E-state index >= 15 is 0 Å². The monoisotopic (exact) mass is 430 g/mol. The van der Waals surface area contributed by atoms with Crippen LogP contribution in [0.2, 0.25) is 0 Å². The molecule has 0 aliphatic carbocycles. The summed E-state index contributed by atoms with van der Waals surface area (Å²) in [7, 11) is 0. The third-order valence-corrected chi connectivity index (χ3v) is 5.55. The van der Waals surface area contributed by atoms with Crippen molar-refractivity contribution < 1.29 is 4.74 Å². The van der Waals surface area contributed by atoms with Crippen molar-refractivity contribution in [1.82, 2.24) is 25.3 Å². The number of anilines is 3. The third kappa shape index (κ3) is 4.33. The van der Waals surface area contributed by atoms with Crippen LogP contribution >= 0.6 is 0 Å². The quantitative estimate of drug-likeness (QED) is 0.193. The number of para-hydroxylation sites is 1. The van der Waals surface area contributed by atoms with Crippen LogP contribution in [0.4, 0.5) is 17.6 Å². The fourth-order valence-corrected chi connectivity index (χ4v) is 3.96. The lowest BCUT2D eigenvalue weighted by atomic mass is 10.1. The molecule has 0 atom stereocenters. The summed E-state index contributed by atoms with van der Waals surface area (Å²) in [6.45, 7) is 3.58. The number of rotatable bonds is 8. The lowest BCUT2D eigenvalue weighted by Gasteiger charge is -2.27. The molecule has 0 radical (unpaired) electrons. The highest BCUT2D eigenvalue weighted by atomic mass is 16.5. The van der Waals surface area contributed by atoms with Crippen LogP contribution in [-0.4, -0.2) is 59.1 Å². The van der Waals surface area contributed by atoms with Crippen LogP contribution in [0.1, 0.15) is 12.2 Å². The fourth-order valence-electron chi connectivity index (χ4n) is 3.96. The van der Waals surface area contributed by atoms with Gasteiger partial charge in [0, 0.05) is 53.5 Å². The molecule has 0 saturated carbocycles. The number of aromatic amines is 1. The molecule has 164 valence electrons. The molecule has 4 aromatic rings. The number of morpholine rings is 1. The summed E-state index contributed by atoms with van der Waals surface area (Å²) in [5, 5.41) is 15.7. The lowest BCUT2D eigenvalue weighted by molar-refractivity contribution is 0.122. The Hall–Kier alpha value is -3.72. The van der Waals surface area contributed by atoms with E-state index in [1.807, 2.05) is 12.1 Å². The predicted molar refractivity (Wildman–Crippen MR) is 127 cm³/mol. The molecule has 9 nitrogen and oxygen atoms in total. The van der Waals surface area contributed by atoms with Crippen molar-refractivity contribution in [2.45, 2.75) is 12.8 Å². The average Bonchev–Trinajstić information content (AvgIpc) is 3.20. The molecule has 0 bridgehead atoms. The minimum atomic E-state index is 0.538. The second-order valence-corrected chi connectivity index (χ2v) is 7.73. The number of aryl methyl sites for hydroxylation is 1. The van der Waals surface area contributed by atoms with Gasteiger partial charge in [-0.2, -0.15) is 15.0 Å². The van der Waals surface area contributed by atoms with E-state index in [-0.39, 0.29) is 0 Å². The summed E-state index contributed by atoms with van der Waals surface area (Å²) >= 11 is 0. The summed E-state index contributed by atoms with van der Waals surface area (Å²) in [4.78, 5) is 19.7. The van der Waals surface area contributed by atoms with Crippen LogP contribution in [-0.2, 0) is 11.2 Å². The maximum atomic E-state index is 7.10. The SMILES string of the molecule is N=CNCCCc1nc(Nc2ccc3[nH]c4ccccc4c3c2)nc(N2CCOCC2)n1. The van der Waals surface area contributed by atoms with E-state index in [1.165, 1.54) is 11.7 Å². The molecule has 2 aromatic heterocycles. The largest absolute Gasteiger partial charge is 0.378 e. The first kappa shape index (κ1) is 20.2. The minimum Gasteiger partial charge on any atom is -0.378 e. The van der Waals surface area contributed by atoms with Gasteiger partial charge in [0.05, 0.1) is 19.6 Å². The molecule has 2 aromatic carbocycles. The van der Waals surface area contributed by atoms with Crippen molar-refractivity contribution in [2.24, 2.45) is 0 Å². The Kier molecular flexibility index (Phi) is 5.80. The Balaban J connectivity index is 1.44. The van der Waals surface area contributed by atoms with E-state index < -0.39 is 0 Å². The van der Waals surface area contributed by atoms with Gasteiger partial charge in [0.25, 0.3) is 0 Å². The molecule has 3 heterocycles. The maximum absolute atomic E-state index is 7.10. The third-order valence-electron chi connectivity index (χ3n) is 5.55. The summed E-state index contributed by atoms with van der Waals surface area (Å²) < 4.78 is 5.48. The Morgan fingerprint density at radius 3 is 2.75 bits per heavy atom. The molecule has 0 spiro atoms. The van der Waals surface area contributed by atoms with Gasteiger partial charge in [0.2, 0.25) is 11.9 Å². The van der Waals surface area contributed by atoms with E-state index in [1.54, 1.807) is 0 Å². The fraction of sp³-hybridized carbons (Fsp3) is 0.304. The zero-order valence-electron chi connectivity index (χ0n) is 17.8. The molecule has 1 fully saturated rings. The van der Waals surface area contributed by atoms with Crippen LogP contribution in [0, 0.1) is 5.41 Å². The van der Waals surface area contributed by atoms with E-state index in [0.717, 1.165) is 47.4 Å². The van der Waals surface area contributed by atoms with Crippen LogP contribution in [0.3, 0.4) is 0 Å². The van der Waals surface area contributed by atoms with Crippen LogP contribution in [0.25, 0.3) is 21.8 Å². The second-order valence-electron chi connectivity index (χ2n) is 7.73. The van der Waals surface area contributed by atoms with Crippen molar-refractivity contribution in [3.63, 3.8) is 0 Å². The normalized spacial score (nSPS) is 14.1. The molecule has 0 unspecified atom stereocenters. The second kappa shape index (κ2) is 9.19. The number of hydrogen-bond acceptors (Lipinski definition) is 7. The zero-order chi connectivity index (χ0) is 21.8. The molecule has 1 aliphatic heterocycles. The summed E-state index contributed by atoms with van der Waals surface area (Å²) in [6, 6.07) is 14.5. The molecular formula is C23H26N8O. The van der Waals surface area contributed by atoms with E-state index in [9.17, 15) is 0 Å². The summed E-state index contributed by atoms with van der Waals surface area (Å²) in [5.41, 5.74) is 3.15. The first-order valence-electron chi connectivity index (χ1n) is 10.9. The van der Waals surface area contributed by atoms with Gasteiger partial charge < -0.3 is 25.3 Å². The van der Waals surface area contributed by atoms with Crippen LogP contribution < -0.4 is 15.5 Å². The zero-order valence-corrected chi connectivity index (χ0v) is 17.8. The van der Waals surface area contributed by atoms with E-state index in [2.05, 4.69) is 55.8 Å². The number of fused-ring (bicyclic) bond motifs is 3. The Morgan fingerprint density at radius 2 is 1.88 bits per heavy atom. The number of nitrogens with zero attached hydrogens (tertiary/aromatic N) is 4. The summed E-state index contributed by atoms with van der Waals surface area (Å²) in [6.07, 6.45) is 2.75. The van der Waals surface area contributed by atoms with Crippen molar-refractivity contribution in [3.05, 3.63) is 48.3 Å². The van der Waals surface area contributed by atoms with Gasteiger partial charge >= 0.3 is 0 Å². The number of H-pyrrole nitrogens is 1. The standard InChI is InChI=1S/C23H26N8O/c24-15-25-9-3-6-21-28-22(30-23(29-21)31-10-12-32-13-11-31)26-16-7-8-20-18(14-16)17-4-1-2-5-19(17)27-20/h1-2,4-5,7-8,14-15,27H,3,6,9-13H2,(H2,24,25)(H,26,28,29,30). The maximum Gasteiger partial charge on any atom is 0.232 e. The molecule has 1 aliphatic rings. The van der Waals surface area contributed by atoms with Gasteiger partial charge in [-0.25, -0.2) is 0 Å². The average molecular weight is 431 g/mol. The van der Waals surface area contributed by atoms with E-state index in [0.29, 0.717) is 38.1 Å². The first-order valence-corrected chi connectivity index (χ1v) is 10.9. The van der Waals surface area contributed by atoms with Gasteiger partial charge in [-0.05, 0) is 30.7 Å². The van der Waals surface area contributed by atoms with Crippen molar-refractivity contribution in [3.8, 4) is 0 Å². The number of hydrogen-bond donors (Lipinski definition) is 4. The number of aromatic nitrogens is 4. The van der Waals surface area contributed by atoms with Gasteiger partial charge in [0.15, 0.2) is 0 Å². The first-order chi connectivity index (χ1) is 15.8. The highest BCUT2D eigenvalue weighted by Gasteiger charge is 2.17. The molecule has 5 rings (SSSR count). The summed E-state index contributed by atoms with van der Waals surface area (Å²) in [5.74, 6) is 1.95. The van der Waals surface area contributed by atoms with Crippen molar-refractivity contribution in [2.75, 3.05) is 43.1 Å². The molecule has 32 heavy (non-hydrogen) atoms. The number of nitrogens with one attached hydrogen (secondary N) is 4. The molecule has 4 N–H and O–H groups in total. The highest BCUT2D eigenvalue weighted by Crippen LogP contribution is 2.28. The topological polar surface area (TPSA) is 115 Å². The van der Waals surface area contributed by atoms with Gasteiger partial charge in [-0.15, -0.1) is 0 Å². The Labute approximate surface area is 185 Å². The lowest BCUT2D eigenvalue weighted by Crippen LogP contribution is -2.37.